The van der Waals surface area contributed by atoms with Gasteiger partial charge in [-0.1, -0.05) is 24.3 Å². The number of aliphatic hydroxyl groups is 1. The second kappa shape index (κ2) is 9.19. The molecule has 0 saturated carbocycles. The maximum atomic E-state index is 12.6. The van der Waals surface area contributed by atoms with Gasteiger partial charge in [0.2, 0.25) is 5.91 Å². The van der Waals surface area contributed by atoms with Crippen LogP contribution in [0.2, 0.25) is 0 Å². The number of piperidine rings is 1. The van der Waals surface area contributed by atoms with Crippen LogP contribution < -0.4 is 0 Å². The molecule has 1 fully saturated rings. The zero-order valence-electron chi connectivity index (χ0n) is 15.4. The second-order valence-electron chi connectivity index (χ2n) is 7.21. The maximum absolute atomic E-state index is 12.6. The molecule has 0 spiro atoms. The fourth-order valence-corrected chi connectivity index (χ4v) is 3.85. The summed E-state index contributed by atoms with van der Waals surface area (Å²) < 4.78 is 0. The van der Waals surface area contributed by atoms with Crippen molar-refractivity contribution in [3.05, 3.63) is 35.4 Å². The highest BCUT2D eigenvalue weighted by Crippen LogP contribution is 2.25. The van der Waals surface area contributed by atoms with Crippen LogP contribution in [0.4, 0.5) is 0 Å². The molecule has 134 valence electrons. The van der Waals surface area contributed by atoms with Crippen molar-refractivity contribution >= 4 is 5.91 Å². The Labute approximate surface area is 146 Å². The number of rotatable bonds is 7. The highest BCUT2D eigenvalue weighted by Gasteiger charge is 2.31. The lowest BCUT2D eigenvalue weighted by Crippen LogP contribution is -2.50. The van der Waals surface area contributed by atoms with Crippen LogP contribution in [-0.4, -0.2) is 60.6 Å². The molecule has 1 N–H and O–H groups in total. The number of hydrogen-bond acceptors (Lipinski definition) is 3. The van der Waals surface area contributed by atoms with Crippen LogP contribution in [-0.2, 0) is 11.2 Å². The molecule has 2 atom stereocenters. The number of likely N-dealkylation sites (tertiary alicyclic amines) is 1. The van der Waals surface area contributed by atoms with E-state index in [-0.39, 0.29) is 12.5 Å². The molecule has 2 rings (SSSR count). The highest BCUT2D eigenvalue weighted by molar-refractivity contribution is 5.76. The number of carbonyl (C=O) groups is 1. The molecule has 0 unspecified atom stereocenters. The number of benzene rings is 1. The first-order valence-corrected chi connectivity index (χ1v) is 9.12. The van der Waals surface area contributed by atoms with Crippen molar-refractivity contribution < 1.29 is 9.90 Å². The summed E-state index contributed by atoms with van der Waals surface area (Å²) in [4.78, 5) is 17.0. The summed E-state index contributed by atoms with van der Waals surface area (Å²) in [6.07, 6.45) is 4.24. The summed E-state index contributed by atoms with van der Waals surface area (Å²) in [5.74, 6) is 0.729. The minimum Gasteiger partial charge on any atom is -0.396 e. The van der Waals surface area contributed by atoms with E-state index in [2.05, 4.69) is 38.1 Å². The number of amides is 1. The summed E-state index contributed by atoms with van der Waals surface area (Å²) in [5, 5.41) is 9.14. The Kier molecular flexibility index (Phi) is 7.25. The normalized spacial score (nSPS) is 21.3. The molecule has 1 amide bonds. The number of aliphatic hydroxyl groups excluding tert-OH is 1. The van der Waals surface area contributed by atoms with Gasteiger partial charge in [-0.25, -0.2) is 0 Å². The first-order valence-electron chi connectivity index (χ1n) is 9.12. The monoisotopic (exact) mass is 332 g/mol. The Bertz CT molecular complexity index is 530. The summed E-state index contributed by atoms with van der Waals surface area (Å²) >= 11 is 0. The third kappa shape index (κ3) is 5.05. The Morgan fingerprint density at radius 3 is 2.75 bits per heavy atom. The van der Waals surface area contributed by atoms with E-state index in [0.29, 0.717) is 18.4 Å². The van der Waals surface area contributed by atoms with Crippen LogP contribution in [0.15, 0.2) is 24.3 Å². The Balaban J connectivity index is 1.91. The Morgan fingerprint density at radius 2 is 2.08 bits per heavy atom. The Morgan fingerprint density at radius 1 is 1.33 bits per heavy atom. The van der Waals surface area contributed by atoms with Gasteiger partial charge >= 0.3 is 0 Å². The van der Waals surface area contributed by atoms with Crippen molar-refractivity contribution in [2.24, 2.45) is 5.92 Å². The lowest BCUT2D eigenvalue weighted by Gasteiger charge is -2.41. The molecule has 0 aromatic heterocycles. The largest absolute Gasteiger partial charge is 0.396 e. The van der Waals surface area contributed by atoms with E-state index in [1.54, 1.807) is 0 Å². The van der Waals surface area contributed by atoms with Crippen molar-refractivity contribution in [3.8, 4) is 0 Å². The SMILES string of the molecule is Cc1ccccc1CCC(=O)N1CC[C@@H](N(C)C)[C@@H](CCCO)C1. The summed E-state index contributed by atoms with van der Waals surface area (Å²) in [5.41, 5.74) is 2.53. The van der Waals surface area contributed by atoms with Gasteiger partial charge in [0.1, 0.15) is 0 Å². The first-order chi connectivity index (χ1) is 11.5. The van der Waals surface area contributed by atoms with Gasteiger partial charge in [0.25, 0.3) is 0 Å². The molecule has 4 heteroatoms. The van der Waals surface area contributed by atoms with Gasteiger partial charge in [-0.05, 0) is 63.7 Å². The zero-order chi connectivity index (χ0) is 17.5. The lowest BCUT2D eigenvalue weighted by atomic mass is 9.87. The number of aryl methyl sites for hydroxylation is 2. The van der Waals surface area contributed by atoms with Crippen molar-refractivity contribution in [2.75, 3.05) is 33.8 Å². The number of carbonyl (C=O) groups excluding carboxylic acids is 1. The van der Waals surface area contributed by atoms with Gasteiger partial charge in [0.15, 0.2) is 0 Å². The molecule has 1 aliphatic heterocycles. The minimum atomic E-state index is 0.234. The second-order valence-corrected chi connectivity index (χ2v) is 7.21. The molecule has 24 heavy (non-hydrogen) atoms. The number of nitrogens with zero attached hydrogens (tertiary/aromatic N) is 2. The van der Waals surface area contributed by atoms with Crippen molar-refractivity contribution in [2.45, 2.75) is 45.1 Å². The molecule has 0 radical (unpaired) electrons. The lowest BCUT2D eigenvalue weighted by molar-refractivity contribution is -0.134. The molecule has 4 nitrogen and oxygen atoms in total. The van der Waals surface area contributed by atoms with Crippen molar-refractivity contribution in [1.82, 2.24) is 9.80 Å². The molecule has 1 aromatic rings. The van der Waals surface area contributed by atoms with E-state index in [4.69, 9.17) is 5.11 Å². The van der Waals surface area contributed by atoms with E-state index < -0.39 is 0 Å². The predicted molar refractivity (Wildman–Crippen MR) is 98.0 cm³/mol. The zero-order valence-corrected chi connectivity index (χ0v) is 15.4. The van der Waals surface area contributed by atoms with Gasteiger partial charge in [0, 0.05) is 32.2 Å². The molecule has 1 saturated heterocycles. The van der Waals surface area contributed by atoms with Gasteiger partial charge in [0.05, 0.1) is 0 Å². The van der Waals surface area contributed by atoms with E-state index in [1.807, 2.05) is 17.0 Å². The Hall–Kier alpha value is -1.39. The van der Waals surface area contributed by atoms with Crippen LogP contribution in [0.3, 0.4) is 0 Å². The smallest absolute Gasteiger partial charge is 0.222 e. The predicted octanol–water partition coefficient (Wildman–Crippen LogP) is 2.48. The molecule has 0 aliphatic carbocycles. The molecular formula is C20H32N2O2. The maximum Gasteiger partial charge on any atom is 0.222 e. The van der Waals surface area contributed by atoms with Crippen LogP contribution >= 0.6 is 0 Å². The van der Waals surface area contributed by atoms with Crippen LogP contribution in [0.1, 0.15) is 36.8 Å². The van der Waals surface area contributed by atoms with Gasteiger partial charge in [-0.2, -0.15) is 0 Å². The van der Waals surface area contributed by atoms with Crippen LogP contribution in [0.5, 0.6) is 0 Å². The molecule has 1 heterocycles. The van der Waals surface area contributed by atoms with Gasteiger partial charge < -0.3 is 14.9 Å². The van der Waals surface area contributed by atoms with Gasteiger partial charge in [-0.3, -0.25) is 4.79 Å². The van der Waals surface area contributed by atoms with Crippen LogP contribution in [0.25, 0.3) is 0 Å². The minimum absolute atomic E-state index is 0.234. The van der Waals surface area contributed by atoms with Crippen molar-refractivity contribution in [3.63, 3.8) is 0 Å². The van der Waals surface area contributed by atoms with E-state index in [0.717, 1.165) is 38.8 Å². The number of hydrogen-bond donors (Lipinski definition) is 1. The van der Waals surface area contributed by atoms with Crippen LogP contribution in [0, 0.1) is 12.8 Å². The topological polar surface area (TPSA) is 43.8 Å². The summed E-state index contributed by atoms with van der Waals surface area (Å²) in [6.45, 7) is 4.02. The molecule has 1 aliphatic rings. The standard InChI is InChI=1S/C20H32N2O2/c1-16-7-4-5-8-17(16)10-11-20(24)22-13-12-19(21(2)3)18(15-22)9-6-14-23/h4-5,7-8,18-19,23H,6,9-15H2,1-3H3/t18-,19+/m0/s1. The third-order valence-corrected chi connectivity index (χ3v) is 5.31. The fourth-order valence-electron chi connectivity index (χ4n) is 3.85. The third-order valence-electron chi connectivity index (χ3n) is 5.31. The average molecular weight is 332 g/mol. The molecule has 0 bridgehead atoms. The van der Waals surface area contributed by atoms with Crippen molar-refractivity contribution in [1.29, 1.82) is 0 Å². The summed E-state index contributed by atoms with van der Waals surface area (Å²) in [6, 6.07) is 8.81. The first kappa shape index (κ1) is 18.9. The quantitative estimate of drug-likeness (QED) is 0.834. The van der Waals surface area contributed by atoms with E-state index >= 15 is 0 Å². The van der Waals surface area contributed by atoms with E-state index in [1.165, 1.54) is 11.1 Å². The molecule has 1 aromatic carbocycles. The summed E-state index contributed by atoms with van der Waals surface area (Å²) in [7, 11) is 4.23. The van der Waals surface area contributed by atoms with Gasteiger partial charge in [-0.15, -0.1) is 0 Å². The highest BCUT2D eigenvalue weighted by atomic mass is 16.2. The fraction of sp³-hybridized carbons (Fsp3) is 0.650. The molecular weight excluding hydrogens is 300 g/mol. The average Bonchev–Trinajstić information content (AvgIpc) is 2.58. The van der Waals surface area contributed by atoms with E-state index in [9.17, 15) is 4.79 Å².